The fourth-order valence-electron chi connectivity index (χ4n) is 2.33. The van der Waals surface area contributed by atoms with Gasteiger partial charge in [0.1, 0.15) is 0 Å². The van der Waals surface area contributed by atoms with E-state index in [4.69, 9.17) is 0 Å². The number of rotatable bonds is 2. The molecule has 1 aliphatic heterocycles. The van der Waals surface area contributed by atoms with E-state index in [1.54, 1.807) is 0 Å². The first-order valence-corrected chi connectivity index (χ1v) is 5.80. The Morgan fingerprint density at radius 1 is 1.18 bits per heavy atom. The third kappa shape index (κ3) is 1.46. The van der Waals surface area contributed by atoms with Gasteiger partial charge in [0.05, 0.1) is 0 Å². The highest BCUT2D eigenvalue weighted by molar-refractivity contribution is 6.25. The molecule has 3 heteroatoms. The van der Waals surface area contributed by atoms with Gasteiger partial charge >= 0.3 is 0 Å². The molecule has 1 amide bonds. The van der Waals surface area contributed by atoms with Crippen molar-refractivity contribution < 1.29 is 4.79 Å². The van der Waals surface area contributed by atoms with Crippen molar-refractivity contribution in [1.82, 2.24) is 0 Å². The number of hydrogen-bond donors (Lipinski definition) is 2. The van der Waals surface area contributed by atoms with Crippen LogP contribution in [-0.4, -0.2) is 11.9 Å². The number of amides is 1. The van der Waals surface area contributed by atoms with Crippen molar-refractivity contribution in [2.45, 2.75) is 19.9 Å². The average molecular weight is 226 g/mol. The molecule has 2 aromatic carbocycles. The first kappa shape index (κ1) is 10.1. The van der Waals surface area contributed by atoms with E-state index in [9.17, 15) is 4.79 Å². The number of carbonyl (C=O) groups excluding carboxylic acids is 1. The Morgan fingerprint density at radius 3 is 2.76 bits per heavy atom. The normalized spacial score (nSPS) is 13.2. The Bertz CT molecular complexity index is 617. The number of anilines is 2. The van der Waals surface area contributed by atoms with E-state index in [1.165, 1.54) is 0 Å². The van der Waals surface area contributed by atoms with E-state index in [2.05, 4.69) is 24.5 Å². The first-order chi connectivity index (χ1) is 8.16. The monoisotopic (exact) mass is 226 g/mol. The summed E-state index contributed by atoms with van der Waals surface area (Å²) in [4.78, 5) is 11.7. The molecule has 0 saturated heterocycles. The SMILES string of the molecule is CC(C)Nc1ccc2c3c(cccc13)C(=O)N2. The average Bonchev–Trinajstić information content (AvgIpc) is 2.61. The molecular formula is C14H14N2O. The molecule has 0 saturated carbocycles. The van der Waals surface area contributed by atoms with Crippen LogP contribution in [0.1, 0.15) is 24.2 Å². The molecule has 2 N–H and O–H groups in total. The van der Waals surface area contributed by atoms with Crippen molar-refractivity contribution in [2.75, 3.05) is 10.6 Å². The van der Waals surface area contributed by atoms with Crippen LogP contribution >= 0.6 is 0 Å². The lowest BCUT2D eigenvalue weighted by Crippen LogP contribution is -2.09. The van der Waals surface area contributed by atoms with E-state index < -0.39 is 0 Å². The summed E-state index contributed by atoms with van der Waals surface area (Å²) in [6.07, 6.45) is 0. The number of hydrogen-bond acceptors (Lipinski definition) is 2. The predicted molar refractivity (Wildman–Crippen MR) is 70.7 cm³/mol. The second kappa shape index (κ2) is 3.48. The number of nitrogens with one attached hydrogen (secondary N) is 2. The predicted octanol–water partition coefficient (Wildman–Crippen LogP) is 3.23. The quantitative estimate of drug-likeness (QED) is 0.825. The molecular weight excluding hydrogens is 212 g/mol. The fourth-order valence-corrected chi connectivity index (χ4v) is 2.33. The minimum Gasteiger partial charge on any atom is -0.382 e. The third-order valence-electron chi connectivity index (χ3n) is 2.98. The smallest absolute Gasteiger partial charge is 0.256 e. The van der Waals surface area contributed by atoms with Crippen molar-refractivity contribution in [1.29, 1.82) is 0 Å². The van der Waals surface area contributed by atoms with E-state index >= 15 is 0 Å². The summed E-state index contributed by atoms with van der Waals surface area (Å²) in [5.74, 6) is -0.00713. The molecule has 0 bridgehead atoms. The molecule has 0 atom stereocenters. The van der Waals surface area contributed by atoms with Gasteiger partial charge in [-0.2, -0.15) is 0 Å². The minimum atomic E-state index is -0.00713. The van der Waals surface area contributed by atoms with Gasteiger partial charge in [-0.05, 0) is 32.0 Å². The standard InChI is InChI=1S/C14H14N2O/c1-8(2)15-11-6-7-12-13-9(11)4-3-5-10(13)14(17)16-12/h3-8,15H,1-2H3,(H,16,17). The summed E-state index contributed by atoms with van der Waals surface area (Å²) in [6.45, 7) is 4.21. The molecule has 86 valence electrons. The third-order valence-corrected chi connectivity index (χ3v) is 2.98. The second-order valence-electron chi connectivity index (χ2n) is 4.64. The summed E-state index contributed by atoms with van der Waals surface area (Å²) in [5, 5.41) is 8.42. The van der Waals surface area contributed by atoms with Crippen LogP contribution in [0.3, 0.4) is 0 Å². The van der Waals surface area contributed by atoms with Gasteiger partial charge in [-0.15, -0.1) is 0 Å². The fraction of sp³-hybridized carbons (Fsp3) is 0.214. The Hall–Kier alpha value is -2.03. The van der Waals surface area contributed by atoms with E-state index in [-0.39, 0.29) is 5.91 Å². The number of benzene rings is 2. The molecule has 17 heavy (non-hydrogen) atoms. The lowest BCUT2D eigenvalue weighted by atomic mass is 10.0. The van der Waals surface area contributed by atoms with Crippen molar-refractivity contribution >= 4 is 28.1 Å². The molecule has 0 spiro atoms. The van der Waals surface area contributed by atoms with Gasteiger partial charge in [-0.1, -0.05) is 12.1 Å². The molecule has 0 aromatic heterocycles. The van der Waals surface area contributed by atoms with Gasteiger partial charge in [0.2, 0.25) is 0 Å². The van der Waals surface area contributed by atoms with Gasteiger partial charge in [-0.25, -0.2) is 0 Å². The van der Waals surface area contributed by atoms with Gasteiger partial charge < -0.3 is 10.6 Å². The van der Waals surface area contributed by atoms with Crippen molar-refractivity contribution in [2.24, 2.45) is 0 Å². The minimum absolute atomic E-state index is 0.00713. The van der Waals surface area contributed by atoms with Crippen LogP contribution in [0.5, 0.6) is 0 Å². The maximum Gasteiger partial charge on any atom is 0.256 e. The van der Waals surface area contributed by atoms with Crippen LogP contribution in [0.2, 0.25) is 0 Å². The Balaban J connectivity index is 2.29. The van der Waals surface area contributed by atoms with Crippen LogP contribution in [-0.2, 0) is 0 Å². The molecule has 1 aliphatic rings. The van der Waals surface area contributed by atoms with Crippen molar-refractivity contribution in [3.05, 3.63) is 35.9 Å². The molecule has 1 heterocycles. The Labute approximate surface area is 99.8 Å². The zero-order valence-corrected chi connectivity index (χ0v) is 9.87. The molecule has 0 unspecified atom stereocenters. The maximum atomic E-state index is 11.7. The summed E-state index contributed by atoms with van der Waals surface area (Å²) in [6, 6.07) is 10.2. The summed E-state index contributed by atoms with van der Waals surface area (Å²) in [5.41, 5.74) is 2.76. The van der Waals surface area contributed by atoms with Crippen molar-refractivity contribution in [3.8, 4) is 0 Å². The Morgan fingerprint density at radius 2 is 2.00 bits per heavy atom. The molecule has 2 aromatic rings. The van der Waals surface area contributed by atoms with E-state index in [1.807, 2.05) is 30.3 Å². The van der Waals surface area contributed by atoms with Crippen LogP contribution < -0.4 is 10.6 Å². The molecule has 3 nitrogen and oxygen atoms in total. The van der Waals surface area contributed by atoms with Crippen LogP contribution in [0, 0.1) is 0 Å². The van der Waals surface area contributed by atoms with Gasteiger partial charge in [0, 0.05) is 33.8 Å². The molecule has 0 aliphatic carbocycles. The van der Waals surface area contributed by atoms with E-state index in [0.29, 0.717) is 6.04 Å². The second-order valence-corrected chi connectivity index (χ2v) is 4.64. The first-order valence-electron chi connectivity index (χ1n) is 5.80. The summed E-state index contributed by atoms with van der Waals surface area (Å²) >= 11 is 0. The lowest BCUT2D eigenvalue weighted by Gasteiger charge is -2.13. The highest BCUT2D eigenvalue weighted by Gasteiger charge is 2.22. The van der Waals surface area contributed by atoms with E-state index in [0.717, 1.165) is 27.7 Å². The van der Waals surface area contributed by atoms with Gasteiger partial charge in [0.25, 0.3) is 5.91 Å². The van der Waals surface area contributed by atoms with Crippen LogP contribution in [0.15, 0.2) is 30.3 Å². The van der Waals surface area contributed by atoms with Crippen LogP contribution in [0.4, 0.5) is 11.4 Å². The van der Waals surface area contributed by atoms with Gasteiger partial charge in [0.15, 0.2) is 0 Å². The zero-order chi connectivity index (χ0) is 12.0. The molecule has 0 radical (unpaired) electrons. The largest absolute Gasteiger partial charge is 0.382 e. The van der Waals surface area contributed by atoms with Gasteiger partial charge in [-0.3, -0.25) is 4.79 Å². The highest BCUT2D eigenvalue weighted by Crippen LogP contribution is 2.37. The topological polar surface area (TPSA) is 41.1 Å². The maximum absolute atomic E-state index is 11.7. The number of carbonyl (C=O) groups is 1. The Kier molecular flexibility index (Phi) is 2.08. The zero-order valence-electron chi connectivity index (χ0n) is 9.87. The molecule has 3 rings (SSSR count). The summed E-state index contributed by atoms with van der Waals surface area (Å²) < 4.78 is 0. The summed E-state index contributed by atoms with van der Waals surface area (Å²) in [7, 11) is 0. The highest BCUT2D eigenvalue weighted by atomic mass is 16.1. The molecule has 0 fully saturated rings. The lowest BCUT2D eigenvalue weighted by molar-refractivity contribution is 0.103. The van der Waals surface area contributed by atoms with Crippen molar-refractivity contribution in [3.63, 3.8) is 0 Å². The van der Waals surface area contributed by atoms with Crippen LogP contribution in [0.25, 0.3) is 10.8 Å².